The van der Waals surface area contributed by atoms with E-state index in [1.54, 1.807) is 4.90 Å². The zero-order chi connectivity index (χ0) is 12.0. The average Bonchev–Trinajstić information content (AvgIpc) is 2.95. The van der Waals surface area contributed by atoms with Crippen LogP contribution in [0.1, 0.15) is 42.1 Å². The maximum Gasteiger partial charge on any atom is 0.293 e. The molecule has 2 atom stereocenters. The minimum absolute atomic E-state index is 0.0702. The maximum atomic E-state index is 12.1. The minimum Gasteiger partial charge on any atom is -0.334 e. The van der Waals surface area contributed by atoms with Crippen molar-refractivity contribution in [1.29, 1.82) is 0 Å². The van der Waals surface area contributed by atoms with Gasteiger partial charge in [0.25, 0.3) is 5.91 Å². The molecular weight excluding hydrogens is 218 g/mol. The molecule has 1 saturated carbocycles. The zero-order valence-corrected chi connectivity index (χ0v) is 9.89. The lowest BCUT2D eigenvalue weighted by atomic mass is 10.1. The Morgan fingerprint density at radius 1 is 1.47 bits per heavy atom. The highest BCUT2D eigenvalue weighted by Crippen LogP contribution is 2.37. The summed E-state index contributed by atoms with van der Waals surface area (Å²) in [6.45, 7) is 3.37. The number of nitrogens with zero attached hydrogens (tertiary/aromatic N) is 3. The number of likely N-dealkylation sites (tertiary alicyclic amines) is 1. The third kappa shape index (κ3) is 1.93. The molecule has 1 amide bonds. The third-order valence-corrected chi connectivity index (χ3v) is 3.62. The number of hydrogen-bond acceptors (Lipinski definition) is 4. The van der Waals surface area contributed by atoms with Gasteiger partial charge in [-0.2, -0.15) is 0 Å². The van der Waals surface area contributed by atoms with Gasteiger partial charge in [-0.25, -0.2) is 4.98 Å². The smallest absolute Gasteiger partial charge is 0.293 e. The van der Waals surface area contributed by atoms with E-state index < -0.39 is 0 Å². The van der Waals surface area contributed by atoms with Crippen LogP contribution in [0.5, 0.6) is 0 Å². The molecule has 17 heavy (non-hydrogen) atoms. The number of nitrogens with two attached hydrogens (primary N) is 1. The fraction of sp³-hybridized carbons (Fsp3) is 0.727. The van der Waals surface area contributed by atoms with Gasteiger partial charge in [-0.15, -0.1) is 5.10 Å². The van der Waals surface area contributed by atoms with Crippen molar-refractivity contribution in [3.05, 3.63) is 11.6 Å². The van der Waals surface area contributed by atoms with Crippen molar-refractivity contribution >= 4 is 5.91 Å². The van der Waals surface area contributed by atoms with E-state index in [1.165, 1.54) is 0 Å². The molecule has 3 rings (SSSR count). The van der Waals surface area contributed by atoms with Gasteiger partial charge in [0.2, 0.25) is 5.82 Å². The lowest BCUT2D eigenvalue weighted by Crippen LogP contribution is -2.32. The Hall–Kier alpha value is -1.43. The SMILES string of the molecule is CC1CN(C(=O)c2n[nH]c(C3CC3)n2)CC1N. The molecule has 2 unspecified atom stereocenters. The third-order valence-electron chi connectivity index (χ3n) is 3.62. The molecule has 1 saturated heterocycles. The molecule has 0 bridgehead atoms. The first-order chi connectivity index (χ1) is 8.15. The van der Waals surface area contributed by atoms with Crippen LogP contribution in [0.2, 0.25) is 0 Å². The van der Waals surface area contributed by atoms with Crippen LogP contribution in [0.15, 0.2) is 0 Å². The highest BCUT2D eigenvalue weighted by atomic mass is 16.2. The molecule has 1 aromatic rings. The summed E-state index contributed by atoms with van der Waals surface area (Å²) in [6.07, 6.45) is 2.29. The second-order valence-corrected chi connectivity index (χ2v) is 5.17. The summed E-state index contributed by atoms with van der Waals surface area (Å²) in [4.78, 5) is 18.1. The van der Waals surface area contributed by atoms with E-state index in [-0.39, 0.29) is 17.8 Å². The van der Waals surface area contributed by atoms with Crippen molar-refractivity contribution in [2.45, 2.75) is 31.7 Å². The molecule has 6 nitrogen and oxygen atoms in total. The summed E-state index contributed by atoms with van der Waals surface area (Å²) in [5, 5.41) is 6.86. The first-order valence-electron chi connectivity index (χ1n) is 6.12. The lowest BCUT2D eigenvalue weighted by molar-refractivity contribution is 0.0775. The Morgan fingerprint density at radius 3 is 2.82 bits per heavy atom. The first kappa shape index (κ1) is 10.7. The molecule has 2 aliphatic rings. The zero-order valence-electron chi connectivity index (χ0n) is 9.89. The number of carbonyl (C=O) groups is 1. The Kier molecular flexibility index (Phi) is 2.39. The van der Waals surface area contributed by atoms with Gasteiger partial charge in [-0.3, -0.25) is 9.89 Å². The predicted molar refractivity (Wildman–Crippen MR) is 61.4 cm³/mol. The molecule has 2 heterocycles. The van der Waals surface area contributed by atoms with Crippen molar-refractivity contribution in [2.24, 2.45) is 11.7 Å². The quantitative estimate of drug-likeness (QED) is 0.761. The molecule has 0 aromatic carbocycles. The number of amides is 1. The molecule has 1 aromatic heterocycles. The van der Waals surface area contributed by atoms with E-state index in [4.69, 9.17) is 5.73 Å². The Balaban J connectivity index is 1.72. The number of aromatic nitrogens is 3. The second-order valence-electron chi connectivity index (χ2n) is 5.17. The topological polar surface area (TPSA) is 87.9 Å². The van der Waals surface area contributed by atoms with Crippen LogP contribution in [-0.2, 0) is 0 Å². The number of carbonyl (C=O) groups excluding carboxylic acids is 1. The van der Waals surface area contributed by atoms with E-state index in [0.29, 0.717) is 24.9 Å². The van der Waals surface area contributed by atoms with Gasteiger partial charge < -0.3 is 10.6 Å². The monoisotopic (exact) mass is 235 g/mol. The van der Waals surface area contributed by atoms with Gasteiger partial charge >= 0.3 is 0 Å². The Morgan fingerprint density at radius 2 is 2.24 bits per heavy atom. The molecule has 3 N–H and O–H groups in total. The molecular formula is C11H17N5O. The van der Waals surface area contributed by atoms with Crippen LogP contribution in [0, 0.1) is 5.92 Å². The van der Waals surface area contributed by atoms with Gasteiger partial charge in [-0.05, 0) is 18.8 Å². The predicted octanol–water partition coefficient (Wildman–Crippen LogP) is 0.101. The molecule has 6 heteroatoms. The lowest BCUT2D eigenvalue weighted by Gasteiger charge is -2.12. The standard InChI is InChI=1S/C11H17N5O/c1-6-4-16(5-8(6)12)11(17)10-13-9(14-15-10)7-2-3-7/h6-8H,2-5,12H2,1H3,(H,13,14,15). The molecule has 0 spiro atoms. The van der Waals surface area contributed by atoms with Gasteiger partial charge in [0.1, 0.15) is 5.82 Å². The highest BCUT2D eigenvalue weighted by Gasteiger charge is 2.33. The van der Waals surface area contributed by atoms with Crippen LogP contribution in [0.25, 0.3) is 0 Å². The Labute approximate surface area is 99.6 Å². The van der Waals surface area contributed by atoms with Crippen LogP contribution < -0.4 is 5.73 Å². The van der Waals surface area contributed by atoms with E-state index >= 15 is 0 Å². The van der Waals surface area contributed by atoms with Crippen LogP contribution in [-0.4, -0.2) is 45.1 Å². The maximum absolute atomic E-state index is 12.1. The summed E-state index contributed by atoms with van der Waals surface area (Å²) in [6, 6.07) is 0.0702. The van der Waals surface area contributed by atoms with E-state index in [0.717, 1.165) is 18.7 Å². The highest BCUT2D eigenvalue weighted by molar-refractivity contribution is 5.90. The molecule has 1 aliphatic heterocycles. The molecule has 1 aliphatic carbocycles. The molecule has 92 valence electrons. The fourth-order valence-corrected chi connectivity index (χ4v) is 2.21. The van der Waals surface area contributed by atoms with E-state index in [1.807, 2.05) is 0 Å². The van der Waals surface area contributed by atoms with E-state index in [9.17, 15) is 4.79 Å². The fourth-order valence-electron chi connectivity index (χ4n) is 2.21. The largest absolute Gasteiger partial charge is 0.334 e. The van der Waals surface area contributed by atoms with E-state index in [2.05, 4.69) is 22.1 Å². The average molecular weight is 235 g/mol. The van der Waals surface area contributed by atoms with Crippen molar-refractivity contribution in [2.75, 3.05) is 13.1 Å². The summed E-state index contributed by atoms with van der Waals surface area (Å²) in [5.41, 5.74) is 5.91. The number of rotatable bonds is 2. The van der Waals surface area contributed by atoms with Gasteiger partial charge in [-0.1, -0.05) is 6.92 Å². The minimum atomic E-state index is -0.104. The number of H-pyrrole nitrogens is 1. The van der Waals surface area contributed by atoms with Crippen LogP contribution >= 0.6 is 0 Å². The van der Waals surface area contributed by atoms with Crippen molar-refractivity contribution in [3.63, 3.8) is 0 Å². The molecule has 2 fully saturated rings. The normalized spacial score (nSPS) is 28.7. The summed E-state index contributed by atoms with van der Waals surface area (Å²) >= 11 is 0. The first-order valence-corrected chi connectivity index (χ1v) is 6.12. The van der Waals surface area contributed by atoms with Crippen molar-refractivity contribution < 1.29 is 4.79 Å². The van der Waals surface area contributed by atoms with Gasteiger partial charge in [0.05, 0.1) is 0 Å². The van der Waals surface area contributed by atoms with Crippen molar-refractivity contribution in [1.82, 2.24) is 20.1 Å². The molecule has 0 radical (unpaired) electrons. The summed E-state index contributed by atoms with van der Waals surface area (Å²) < 4.78 is 0. The van der Waals surface area contributed by atoms with Crippen LogP contribution in [0.3, 0.4) is 0 Å². The van der Waals surface area contributed by atoms with Crippen molar-refractivity contribution in [3.8, 4) is 0 Å². The van der Waals surface area contributed by atoms with Gasteiger partial charge in [0, 0.05) is 25.0 Å². The number of hydrogen-bond donors (Lipinski definition) is 2. The van der Waals surface area contributed by atoms with Gasteiger partial charge in [0.15, 0.2) is 0 Å². The number of nitrogens with one attached hydrogen (secondary N) is 1. The Bertz CT molecular complexity index is 429. The second kappa shape index (κ2) is 3.80. The van der Waals surface area contributed by atoms with Crippen LogP contribution in [0.4, 0.5) is 0 Å². The summed E-state index contributed by atoms with van der Waals surface area (Å²) in [7, 11) is 0. The number of aromatic amines is 1. The summed E-state index contributed by atoms with van der Waals surface area (Å²) in [5.74, 6) is 1.87.